The summed E-state index contributed by atoms with van der Waals surface area (Å²) in [5.41, 5.74) is 7.32. The molecule has 2 aliphatic heterocycles. The highest BCUT2D eigenvalue weighted by atomic mass is 79.9. The number of hydrogen-bond donors (Lipinski definition) is 1. The van der Waals surface area contributed by atoms with Crippen molar-refractivity contribution in [2.75, 3.05) is 32.7 Å². The molecule has 0 radical (unpaired) electrons. The van der Waals surface area contributed by atoms with Crippen molar-refractivity contribution in [2.45, 2.75) is 31.3 Å². The first kappa shape index (κ1) is 15.8. The Hall–Kier alpha value is -0.130. The summed E-state index contributed by atoms with van der Waals surface area (Å²) in [7, 11) is 0. The molecule has 0 bridgehead atoms. The smallest absolute Gasteiger partial charge is 0.0483 e. The molecule has 2 aliphatic rings. The average Bonchev–Trinajstić information content (AvgIpc) is 2.51. The number of hydrogen-bond acceptors (Lipinski definition) is 3. The second-order valence-corrected chi connectivity index (χ2v) is 7.39. The van der Waals surface area contributed by atoms with Crippen LogP contribution < -0.4 is 5.73 Å². The Kier molecular flexibility index (Phi) is 5.23. The second-order valence-electron chi connectivity index (χ2n) is 6.10. The zero-order valence-corrected chi connectivity index (χ0v) is 14.6. The van der Waals surface area contributed by atoms with Gasteiger partial charge in [0.1, 0.15) is 0 Å². The lowest BCUT2D eigenvalue weighted by molar-refractivity contribution is 0.0285. The van der Waals surface area contributed by atoms with E-state index in [1.165, 1.54) is 37.9 Å². The van der Waals surface area contributed by atoms with E-state index < -0.39 is 0 Å². The highest BCUT2D eigenvalue weighted by Gasteiger charge is 2.32. The van der Waals surface area contributed by atoms with Crippen LogP contribution >= 0.6 is 27.5 Å². The van der Waals surface area contributed by atoms with Crippen LogP contribution in [0.1, 0.15) is 30.9 Å². The van der Waals surface area contributed by atoms with Gasteiger partial charge in [-0.3, -0.25) is 9.80 Å². The Bertz CT molecular complexity index is 496. The van der Waals surface area contributed by atoms with Gasteiger partial charge in [-0.2, -0.15) is 0 Å². The third kappa shape index (κ3) is 3.45. The highest BCUT2D eigenvalue weighted by Crippen LogP contribution is 2.32. The molecule has 2 saturated heterocycles. The van der Waals surface area contributed by atoms with Crippen LogP contribution in [0, 0.1) is 0 Å². The van der Waals surface area contributed by atoms with Crippen molar-refractivity contribution in [3.8, 4) is 0 Å². The molecule has 2 fully saturated rings. The van der Waals surface area contributed by atoms with Crippen LogP contribution in [0.4, 0.5) is 0 Å². The predicted molar refractivity (Wildman–Crippen MR) is 91.7 cm³/mol. The third-order valence-electron chi connectivity index (χ3n) is 4.85. The molecule has 116 valence electrons. The molecule has 5 heteroatoms. The van der Waals surface area contributed by atoms with Crippen LogP contribution in [-0.4, -0.2) is 48.6 Å². The Balaban J connectivity index is 1.78. The molecule has 0 saturated carbocycles. The number of halogens is 2. The van der Waals surface area contributed by atoms with Gasteiger partial charge in [-0.15, -0.1) is 0 Å². The van der Waals surface area contributed by atoms with Crippen LogP contribution in [0.2, 0.25) is 5.02 Å². The van der Waals surface area contributed by atoms with Crippen LogP contribution in [0.25, 0.3) is 0 Å². The number of piperidine rings is 1. The molecule has 1 aromatic carbocycles. The number of rotatable bonds is 3. The van der Waals surface area contributed by atoms with E-state index in [2.05, 4.69) is 31.8 Å². The molecule has 0 aliphatic carbocycles. The van der Waals surface area contributed by atoms with Crippen molar-refractivity contribution < 1.29 is 0 Å². The van der Waals surface area contributed by atoms with Crippen molar-refractivity contribution in [2.24, 2.45) is 5.73 Å². The molecule has 0 amide bonds. The second kappa shape index (κ2) is 6.97. The molecule has 0 aromatic heterocycles. The zero-order chi connectivity index (χ0) is 14.8. The van der Waals surface area contributed by atoms with Gasteiger partial charge in [-0.1, -0.05) is 34.0 Å². The molecule has 21 heavy (non-hydrogen) atoms. The van der Waals surface area contributed by atoms with E-state index in [1.807, 2.05) is 12.1 Å². The Morgan fingerprint density at radius 3 is 2.95 bits per heavy atom. The van der Waals surface area contributed by atoms with E-state index in [4.69, 9.17) is 17.3 Å². The summed E-state index contributed by atoms with van der Waals surface area (Å²) in [6.45, 7) is 5.29. The van der Waals surface area contributed by atoms with Crippen LogP contribution in [0.5, 0.6) is 0 Å². The van der Waals surface area contributed by atoms with Gasteiger partial charge in [0.2, 0.25) is 0 Å². The Morgan fingerprint density at radius 1 is 1.29 bits per heavy atom. The zero-order valence-electron chi connectivity index (χ0n) is 12.3. The summed E-state index contributed by atoms with van der Waals surface area (Å²) in [6.07, 6.45) is 4.05. The van der Waals surface area contributed by atoms with E-state index in [1.54, 1.807) is 0 Å². The van der Waals surface area contributed by atoms with Crippen molar-refractivity contribution in [1.82, 2.24) is 9.80 Å². The lowest BCUT2D eigenvalue weighted by Gasteiger charge is -2.46. The van der Waals surface area contributed by atoms with Gasteiger partial charge in [-0.05, 0) is 43.1 Å². The first-order chi connectivity index (χ1) is 10.2. The van der Waals surface area contributed by atoms with Crippen molar-refractivity contribution in [1.29, 1.82) is 0 Å². The van der Waals surface area contributed by atoms with Gasteiger partial charge in [-0.25, -0.2) is 0 Å². The number of nitrogens with zero attached hydrogens (tertiary/aromatic N) is 2. The predicted octanol–water partition coefficient (Wildman–Crippen LogP) is 3.27. The van der Waals surface area contributed by atoms with E-state index >= 15 is 0 Å². The van der Waals surface area contributed by atoms with Crippen molar-refractivity contribution >= 4 is 27.5 Å². The monoisotopic (exact) mass is 371 g/mol. The van der Waals surface area contributed by atoms with Gasteiger partial charge in [0.05, 0.1) is 0 Å². The van der Waals surface area contributed by atoms with Gasteiger partial charge < -0.3 is 5.73 Å². The van der Waals surface area contributed by atoms with E-state index in [0.717, 1.165) is 22.6 Å². The Labute approximate surface area is 140 Å². The Morgan fingerprint density at radius 2 is 2.14 bits per heavy atom. The van der Waals surface area contributed by atoms with Gasteiger partial charge in [0.15, 0.2) is 0 Å². The number of nitrogens with two attached hydrogens (primary N) is 1. The molecule has 0 spiro atoms. The third-order valence-corrected chi connectivity index (χ3v) is 5.81. The fourth-order valence-electron chi connectivity index (χ4n) is 3.71. The minimum absolute atomic E-state index is 0.252. The largest absolute Gasteiger partial charge is 0.329 e. The lowest BCUT2D eigenvalue weighted by Crippen LogP contribution is -2.56. The SMILES string of the molecule is NCC(c1cc(Cl)ccc1Br)N1CCN2CCCCC2C1. The molecule has 1 aromatic rings. The van der Waals surface area contributed by atoms with E-state index in [0.29, 0.717) is 12.6 Å². The molecule has 3 nitrogen and oxygen atoms in total. The molecule has 2 unspecified atom stereocenters. The molecule has 2 heterocycles. The van der Waals surface area contributed by atoms with Crippen LogP contribution in [0.3, 0.4) is 0 Å². The number of piperazine rings is 1. The van der Waals surface area contributed by atoms with Crippen LogP contribution in [-0.2, 0) is 0 Å². The molecular weight excluding hydrogens is 350 g/mol. The maximum atomic E-state index is 6.18. The van der Waals surface area contributed by atoms with Gasteiger partial charge in [0.25, 0.3) is 0 Å². The quantitative estimate of drug-likeness (QED) is 0.884. The minimum atomic E-state index is 0.252. The van der Waals surface area contributed by atoms with Gasteiger partial charge >= 0.3 is 0 Å². The summed E-state index contributed by atoms with van der Waals surface area (Å²) >= 11 is 9.84. The standard InChI is InChI=1S/C16H23BrClN3/c17-15-5-4-12(18)9-14(15)16(10-19)21-8-7-20-6-2-1-3-13(20)11-21/h4-5,9,13,16H,1-3,6-8,10-11,19H2. The highest BCUT2D eigenvalue weighted by molar-refractivity contribution is 9.10. The maximum Gasteiger partial charge on any atom is 0.0483 e. The summed E-state index contributed by atoms with van der Waals surface area (Å²) in [6, 6.07) is 6.96. The molecule has 2 atom stereocenters. The number of benzene rings is 1. The molecular formula is C16H23BrClN3. The molecule has 2 N–H and O–H groups in total. The maximum absolute atomic E-state index is 6.18. The minimum Gasteiger partial charge on any atom is -0.329 e. The van der Waals surface area contributed by atoms with Crippen molar-refractivity contribution in [3.63, 3.8) is 0 Å². The average molecular weight is 373 g/mol. The summed E-state index contributed by atoms with van der Waals surface area (Å²) in [5, 5.41) is 0.781. The van der Waals surface area contributed by atoms with Gasteiger partial charge in [0, 0.05) is 47.8 Å². The first-order valence-corrected chi connectivity index (χ1v) is 8.99. The van der Waals surface area contributed by atoms with Crippen molar-refractivity contribution in [3.05, 3.63) is 33.3 Å². The normalized spacial score (nSPS) is 25.6. The summed E-state index contributed by atoms with van der Waals surface area (Å²) < 4.78 is 1.11. The fraction of sp³-hybridized carbons (Fsp3) is 0.625. The van der Waals surface area contributed by atoms with E-state index in [9.17, 15) is 0 Å². The topological polar surface area (TPSA) is 32.5 Å². The summed E-state index contributed by atoms with van der Waals surface area (Å²) in [4.78, 5) is 5.20. The first-order valence-electron chi connectivity index (χ1n) is 7.82. The summed E-state index contributed by atoms with van der Waals surface area (Å²) in [5.74, 6) is 0. The van der Waals surface area contributed by atoms with E-state index in [-0.39, 0.29) is 6.04 Å². The molecule has 3 rings (SSSR count). The fourth-order valence-corrected chi connectivity index (χ4v) is 4.40. The number of fused-ring (bicyclic) bond motifs is 1. The lowest BCUT2D eigenvalue weighted by atomic mass is 9.97. The van der Waals surface area contributed by atoms with Crippen LogP contribution in [0.15, 0.2) is 22.7 Å².